The van der Waals surface area contributed by atoms with Crippen molar-refractivity contribution in [1.82, 2.24) is 0 Å². The average molecular weight is 473 g/mol. The van der Waals surface area contributed by atoms with Crippen molar-refractivity contribution in [2.75, 3.05) is 17.7 Å². The van der Waals surface area contributed by atoms with Crippen molar-refractivity contribution in [3.63, 3.8) is 0 Å². The Morgan fingerprint density at radius 2 is 1.37 bits per heavy atom. The Morgan fingerprint density at radius 3 is 1.89 bits per heavy atom. The third-order valence-corrected chi connectivity index (χ3v) is 6.42. The minimum absolute atomic E-state index is 0.320. The number of ketones is 1. The molecule has 7 nitrogen and oxygen atoms in total. The van der Waals surface area contributed by atoms with E-state index < -0.39 is 41.0 Å². The second kappa shape index (κ2) is 10.1. The predicted octanol–water partition coefficient (Wildman–Crippen LogP) is 4.01. The number of aliphatic hydroxyl groups is 1. The zero-order valence-corrected chi connectivity index (χ0v) is 19.6. The standard InChI is InChI=1S/C28H28N2O5/c1-28(34)17-22(31)24(26(32)29-19-9-5-3-6-10-19)23(18-13-15-21(35-2)16-14-18)25(28)27(33)30-20-11-7-4-8-12-20/h3-16,23-25,34H,17H2,1-2H3,(H,29,32)(H,30,33)/t23-,24+,25+,28+/m0/s1. The largest absolute Gasteiger partial charge is 0.497 e. The van der Waals surface area contributed by atoms with Crippen LogP contribution in [0.25, 0.3) is 0 Å². The highest BCUT2D eigenvalue weighted by atomic mass is 16.5. The number of para-hydroxylation sites is 2. The first-order chi connectivity index (χ1) is 16.8. The van der Waals surface area contributed by atoms with Gasteiger partial charge in [-0.15, -0.1) is 0 Å². The molecule has 4 atom stereocenters. The minimum atomic E-state index is -1.66. The molecule has 1 fully saturated rings. The van der Waals surface area contributed by atoms with Crippen LogP contribution in [0, 0.1) is 11.8 Å². The summed E-state index contributed by atoms with van der Waals surface area (Å²) >= 11 is 0. The smallest absolute Gasteiger partial charge is 0.235 e. The molecule has 3 aromatic carbocycles. The van der Waals surface area contributed by atoms with Gasteiger partial charge in [0.2, 0.25) is 11.8 Å². The molecular weight excluding hydrogens is 444 g/mol. The molecule has 1 saturated carbocycles. The van der Waals surface area contributed by atoms with Crippen molar-refractivity contribution >= 4 is 29.0 Å². The van der Waals surface area contributed by atoms with Gasteiger partial charge < -0.3 is 20.5 Å². The van der Waals surface area contributed by atoms with Gasteiger partial charge in [0.25, 0.3) is 0 Å². The number of methoxy groups -OCH3 is 1. The summed E-state index contributed by atoms with van der Waals surface area (Å²) in [5, 5.41) is 17.0. The van der Waals surface area contributed by atoms with Crippen molar-refractivity contribution < 1.29 is 24.2 Å². The molecule has 4 rings (SSSR count). The molecule has 0 unspecified atom stereocenters. The number of benzene rings is 3. The molecule has 7 heteroatoms. The third-order valence-electron chi connectivity index (χ3n) is 6.42. The van der Waals surface area contributed by atoms with Gasteiger partial charge >= 0.3 is 0 Å². The summed E-state index contributed by atoms with van der Waals surface area (Å²) in [5.41, 5.74) is 0.0234. The molecule has 35 heavy (non-hydrogen) atoms. The van der Waals surface area contributed by atoms with E-state index in [1.165, 1.54) is 14.0 Å². The predicted molar refractivity (Wildman–Crippen MR) is 133 cm³/mol. The number of carbonyl (C=O) groups is 3. The zero-order chi connectivity index (χ0) is 25.0. The normalized spacial score (nSPS) is 23.9. The maximum atomic E-state index is 13.6. The van der Waals surface area contributed by atoms with Crippen LogP contribution < -0.4 is 15.4 Å². The minimum Gasteiger partial charge on any atom is -0.497 e. The Labute approximate surface area is 204 Å². The van der Waals surface area contributed by atoms with Crippen LogP contribution in [-0.4, -0.2) is 35.4 Å². The number of anilines is 2. The summed E-state index contributed by atoms with van der Waals surface area (Å²) in [5.74, 6) is -3.95. The van der Waals surface area contributed by atoms with Gasteiger partial charge in [-0.25, -0.2) is 0 Å². The highest BCUT2D eigenvalue weighted by Crippen LogP contribution is 2.46. The highest BCUT2D eigenvalue weighted by molar-refractivity contribution is 6.10. The summed E-state index contributed by atoms with van der Waals surface area (Å²) in [6.45, 7) is 1.47. The van der Waals surface area contributed by atoms with Crippen LogP contribution in [0.3, 0.4) is 0 Å². The van der Waals surface area contributed by atoms with E-state index in [-0.39, 0.29) is 6.42 Å². The quantitative estimate of drug-likeness (QED) is 0.470. The van der Waals surface area contributed by atoms with Crippen LogP contribution in [0.2, 0.25) is 0 Å². The van der Waals surface area contributed by atoms with Crippen molar-refractivity contribution in [1.29, 1.82) is 0 Å². The molecular formula is C28H28N2O5. The number of Topliss-reactive ketones (excluding diaryl/α,β-unsaturated/α-hetero) is 1. The van der Waals surface area contributed by atoms with E-state index in [4.69, 9.17) is 4.74 Å². The molecule has 180 valence electrons. The summed E-state index contributed by atoms with van der Waals surface area (Å²) in [6, 6.07) is 24.6. The van der Waals surface area contributed by atoms with E-state index in [9.17, 15) is 19.5 Å². The summed E-state index contributed by atoms with van der Waals surface area (Å²) in [7, 11) is 1.54. The molecule has 0 aromatic heterocycles. The topological polar surface area (TPSA) is 105 Å². The van der Waals surface area contributed by atoms with Gasteiger partial charge in [0.15, 0.2) is 0 Å². The summed E-state index contributed by atoms with van der Waals surface area (Å²) < 4.78 is 5.25. The van der Waals surface area contributed by atoms with E-state index in [0.29, 0.717) is 22.7 Å². The van der Waals surface area contributed by atoms with Gasteiger partial charge in [0, 0.05) is 23.7 Å². The fraction of sp³-hybridized carbons (Fsp3) is 0.250. The number of hydrogen-bond acceptors (Lipinski definition) is 5. The lowest BCUT2D eigenvalue weighted by atomic mass is 9.61. The fourth-order valence-electron chi connectivity index (χ4n) is 4.80. The molecule has 0 heterocycles. The van der Waals surface area contributed by atoms with Crippen molar-refractivity contribution in [3.05, 3.63) is 90.5 Å². The Bertz CT molecular complexity index is 1190. The molecule has 0 spiro atoms. The number of hydrogen-bond donors (Lipinski definition) is 3. The lowest BCUT2D eigenvalue weighted by molar-refractivity contribution is -0.150. The molecule has 0 aliphatic heterocycles. The van der Waals surface area contributed by atoms with Gasteiger partial charge in [0.05, 0.1) is 18.6 Å². The van der Waals surface area contributed by atoms with Gasteiger partial charge in [-0.05, 0) is 48.9 Å². The van der Waals surface area contributed by atoms with Crippen molar-refractivity contribution in [3.8, 4) is 5.75 Å². The van der Waals surface area contributed by atoms with Crippen LogP contribution >= 0.6 is 0 Å². The first kappa shape index (κ1) is 24.2. The van der Waals surface area contributed by atoms with E-state index in [1.807, 2.05) is 12.1 Å². The van der Waals surface area contributed by atoms with Crippen LogP contribution in [0.15, 0.2) is 84.9 Å². The Balaban J connectivity index is 1.76. The molecule has 0 saturated heterocycles. The Morgan fingerprint density at radius 1 is 0.857 bits per heavy atom. The second-order valence-electron chi connectivity index (χ2n) is 8.97. The maximum absolute atomic E-state index is 13.6. The average Bonchev–Trinajstić information content (AvgIpc) is 2.84. The van der Waals surface area contributed by atoms with Crippen molar-refractivity contribution in [2.45, 2.75) is 24.9 Å². The van der Waals surface area contributed by atoms with Crippen LogP contribution in [0.5, 0.6) is 5.75 Å². The van der Waals surface area contributed by atoms with E-state index >= 15 is 0 Å². The first-order valence-electron chi connectivity index (χ1n) is 11.4. The SMILES string of the molecule is COc1ccc([C@H]2[C@H](C(=O)Nc3ccccc3)C(=O)C[C@@](C)(O)[C@H]2C(=O)Nc2ccccc2)cc1. The lowest BCUT2D eigenvalue weighted by Crippen LogP contribution is -2.56. The van der Waals surface area contributed by atoms with E-state index in [2.05, 4.69) is 10.6 Å². The maximum Gasteiger partial charge on any atom is 0.235 e. The third kappa shape index (κ3) is 5.25. The van der Waals surface area contributed by atoms with Gasteiger partial charge in [-0.2, -0.15) is 0 Å². The van der Waals surface area contributed by atoms with Gasteiger partial charge in [-0.1, -0.05) is 48.5 Å². The highest BCUT2D eigenvalue weighted by Gasteiger charge is 2.55. The van der Waals surface area contributed by atoms with Crippen LogP contribution in [0.1, 0.15) is 24.8 Å². The Hall–Kier alpha value is -3.97. The van der Waals surface area contributed by atoms with E-state index in [0.717, 1.165) is 0 Å². The Kier molecular flexibility index (Phi) is 6.98. The molecule has 0 bridgehead atoms. The number of nitrogens with one attached hydrogen (secondary N) is 2. The van der Waals surface area contributed by atoms with E-state index in [1.54, 1.807) is 72.8 Å². The number of carbonyl (C=O) groups excluding carboxylic acids is 3. The number of ether oxygens (including phenoxy) is 1. The first-order valence-corrected chi connectivity index (χ1v) is 11.4. The number of amides is 2. The van der Waals surface area contributed by atoms with Crippen LogP contribution in [0.4, 0.5) is 11.4 Å². The molecule has 1 aliphatic carbocycles. The van der Waals surface area contributed by atoms with Gasteiger partial charge in [-0.3, -0.25) is 14.4 Å². The summed E-state index contributed by atoms with van der Waals surface area (Å²) in [6.07, 6.45) is -0.320. The monoisotopic (exact) mass is 472 g/mol. The number of rotatable bonds is 6. The van der Waals surface area contributed by atoms with Gasteiger partial charge in [0.1, 0.15) is 17.5 Å². The lowest BCUT2D eigenvalue weighted by Gasteiger charge is -2.44. The van der Waals surface area contributed by atoms with Crippen molar-refractivity contribution in [2.24, 2.45) is 11.8 Å². The van der Waals surface area contributed by atoms with Crippen LogP contribution in [-0.2, 0) is 14.4 Å². The molecule has 2 amide bonds. The second-order valence-corrected chi connectivity index (χ2v) is 8.97. The molecule has 3 aromatic rings. The fourth-order valence-corrected chi connectivity index (χ4v) is 4.80. The molecule has 1 aliphatic rings. The summed E-state index contributed by atoms with van der Waals surface area (Å²) in [4.78, 5) is 40.3. The zero-order valence-electron chi connectivity index (χ0n) is 19.6. The molecule has 3 N–H and O–H groups in total. The molecule has 0 radical (unpaired) electrons.